The first kappa shape index (κ1) is 16.5. The summed E-state index contributed by atoms with van der Waals surface area (Å²) in [5, 5.41) is 10.1. The predicted molar refractivity (Wildman–Crippen MR) is 96.8 cm³/mol. The van der Waals surface area contributed by atoms with Crippen molar-refractivity contribution in [1.82, 2.24) is 24.6 Å². The maximum atomic E-state index is 14.9. The molecule has 2 N–H and O–H groups in total. The van der Waals surface area contributed by atoms with Crippen LogP contribution in [0.15, 0.2) is 24.8 Å². The maximum absolute atomic E-state index is 14.9. The topological polar surface area (TPSA) is 88.0 Å². The second kappa shape index (κ2) is 6.06. The fourth-order valence-electron chi connectivity index (χ4n) is 3.09. The Morgan fingerprint density at radius 3 is 2.88 bits per heavy atom. The number of nitrogens with zero attached hydrogens (tertiary/aromatic N) is 4. The number of carbonyl (C=O) groups is 1. The van der Waals surface area contributed by atoms with Gasteiger partial charge in [0.1, 0.15) is 5.82 Å². The minimum Gasteiger partial charge on any atom is -0.312 e. The molecule has 3 aromatic heterocycles. The average Bonchev–Trinajstić information content (AvgIpc) is 3.21. The van der Waals surface area contributed by atoms with Crippen LogP contribution in [0.3, 0.4) is 0 Å². The average molecular weight is 373 g/mol. The zero-order chi connectivity index (χ0) is 18.4. The molecule has 0 aliphatic rings. The van der Waals surface area contributed by atoms with E-state index in [2.05, 4.69) is 25.5 Å². The van der Waals surface area contributed by atoms with Crippen molar-refractivity contribution in [3.05, 3.63) is 41.2 Å². The van der Waals surface area contributed by atoms with E-state index >= 15 is 0 Å². The van der Waals surface area contributed by atoms with Crippen molar-refractivity contribution in [1.29, 1.82) is 0 Å². The van der Waals surface area contributed by atoms with E-state index in [1.165, 1.54) is 6.20 Å². The van der Waals surface area contributed by atoms with Crippen LogP contribution in [0, 0.1) is 5.82 Å². The number of aromatic amines is 1. The van der Waals surface area contributed by atoms with Crippen molar-refractivity contribution in [2.24, 2.45) is 0 Å². The van der Waals surface area contributed by atoms with E-state index in [0.717, 1.165) is 0 Å². The minimum atomic E-state index is -0.482. The molecule has 0 spiro atoms. The first-order chi connectivity index (χ1) is 12.5. The molecule has 0 radical (unpaired) electrons. The Morgan fingerprint density at radius 1 is 1.35 bits per heavy atom. The number of fused-ring (bicyclic) bond motifs is 2. The molecule has 0 atom stereocenters. The van der Waals surface area contributed by atoms with Gasteiger partial charge in [0.25, 0.3) is 0 Å². The Kier molecular flexibility index (Phi) is 3.84. The van der Waals surface area contributed by atoms with Crippen LogP contribution in [0.2, 0.25) is 5.02 Å². The molecule has 0 bridgehead atoms. The van der Waals surface area contributed by atoms with Crippen LogP contribution in [-0.2, 0) is 4.79 Å². The van der Waals surface area contributed by atoms with Gasteiger partial charge in [-0.2, -0.15) is 5.10 Å². The highest BCUT2D eigenvalue weighted by Crippen LogP contribution is 2.40. The molecule has 9 heteroatoms. The van der Waals surface area contributed by atoms with E-state index in [0.29, 0.717) is 45.6 Å². The van der Waals surface area contributed by atoms with E-state index in [-0.39, 0.29) is 10.9 Å². The summed E-state index contributed by atoms with van der Waals surface area (Å²) in [5.41, 5.74) is 2.56. The number of hydrogen-bond donors (Lipinski definition) is 2. The Balaban J connectivity index is 1.98. The van der Waals surface area contributed by atoms with Gasteiger partial charge in [0, 0.05) is 22.7 Å². The lowest BCUT2D eigenvalue weighted by atomic mass is 9.96. The standard InChI is InChI=1S/C17H14ClFN6O/c1-8(2)13-16(19)15(18)14(9-3-22-24-17(9)13)10-5-25-6-11(21-7-26)23-12(25)4-20-10/h3-8H,1-2H3,(H,21,26)(H,22,24). The third-order valence-electron chi connectivity index (χ3n) is 4.21. The van der Waals surface area contributed by atoms with E-state index in [1.54, 1.807) is 23.0 Å². The predicted octanol–water partition coefficient (Wildman–Crippen LogP) is 3.76. The number of anilines is 1. The van der Waals surface area contributed by atoms with Gasteiger partial charge in [-0.15, -0.1) is 0 Å². The van der Waals surface area contributed by atoms with Crippen molar-refractivity contribution < 1.29 is 9.18 Å². The molecule has 4 rings (SSSR count). The molecular weight excluding hydrogens is 359 g/mol. The van der Waals surface area contributed by atoms with Crippen molar-refractivity contribution in [3.63, 3.8) is 0 Å². The van der Waals surface area contributed by atoms with E-state index in [4.69, 9.17) is 11.6 Å². The molecule has 0 aliphatic carbocycles. The Labute approximate surface area is 152 Å². The Morgan fingerprint density at radius 2 is 2.15 bits per heavy atom. The van der Waals surface area contributed by atoms with Crippen LogP contribution >= 0.6 is 11.6 Å². The molecule has 0 aliphatic heterocycles. The van der Waals surface area contributed by atoms with Gasteiger partial charge in [0.15, 0.2) is 11.5 Å². The SMILES string of the molecule is CC(C)c1c(F)c(Cl)c(-c2cn3cc(NC=O)nc3cn2)c2cn[nH]c12. The Bertz CT molecular complexity index is 1150. The molecule has 3 heterocycles. The monoisotopic (exact) mass is 372 g/mol. The number of aromatic nitrogens is 5. The first-order valence-corrected chi connectivity index (χ1v) is 8.28. The normalized spacial score (nSPS) is 11.6. The van der Waals surface area contributed by atoms with Crippen molar-refractivity contribution in [2.45, 2.75) is 19.8 Å². The quantitative estimate of drug-likeness (QED) is 0.534. The molecule has 0 saturated carbocycles. The molecule has 1 aromatic carbocycles. The van der Waals surface area contributed by atoms with Crippen molar-refractivity contribution in [2.75, 3.05) is 5.32 Å². The third kappa shape index (κ3) is 2.41. The van der Waals surface area contributed by atoms with E-state index in [9.17, 15) is 9.18 Å². The number of benzene rings is 1. The summed E-state index contributed by atoms with van der Waals surface area (Å²) in [5.74, 6) is -0.158. The van der Waals surface area contributed by atoms with Gasteiger partial charge >= 0.3 is 0 Å². The number of H-pyrrole nitrogens is 1. The summed E-state index contributed by atoms with van der Waals surface area (Å²) < 4.78 is 16.6. The molecule has 0 unspecified atom stereocenters. The van der Waals surface area contributed by atoms with Gasteiger partial charge in [-0.05, 0) is 5.92 Å². The highest BCUT2D eigenvalue weighted by molar-refractivity contribution is 6.35. The van der Waals surface area contributed by atoms with Gasteiger partial charge < -0.3 is 9.72 Å². The number of nitrogens with one attached hydrogen (secondary N) is 2. The lowest BCUT2D eigenvalue weighted by Gasteiger charge is -2.14. The fraction of sp³-hybridized carbons (Fsp3) is 0.176. The molecular formula is C17H14ClFN6O. The number of halogens is 2. The van der Waals surface area contributed by atoms with Crippen LogP contribution in [-0.4, -0.2) is 31.0 Å². The lowest BCUT2D eigenvalue weighted by molar-refractivity contribution is -0.105. The minimum absolute atomic E-state index is 0.000746. The molecule has 7 nitrogen and oxygen atoms in total. The first-order valence-electron chi connectivity index (χ1n) is 7.90. The van der Waals surface area contributed by atoms with E-state index in [1.807, 2.05) is 13.8 Å². The number of carbonyl (C=O) groups excluding carboxylic acids is 1. The molecule has 0 fully saturated rings. The summed E-state index contributed by atoms with van der Waals surface area (Å²) in [7, 11) is 0. The molecule has 1 amide bonds. The summed E-state index contributed by atoms with van der Waals surface area (Å²) in [6.07, 6.45) is 7.00. The number of hydrogen-bond acceptors (Lipinski definition) is 4. The van der Waals surface area contributed by atoms with Crippen LogP contribution in [0.1, 0.15) is 25.3 Å². The second-order valence-electron chi connectivity index (χ2n) is 6.16. The van der Waals surface area contributed by atoms with Gasteiger partial charge in [-0.3, -0.25) is 14.9 Å². The van der Waals surface area contributed by atoms with Crippen LogP contribution in [0.4, 0.5) is 10.2 Å². The highest BCUT2D eigenvalue weighted by Gasteiger charge is 2.23. The molecule has 0 saturated heterocycles. The smallest absolute Gasteiger partial charge is 0.212 e. The van der Waals surface area contributed by atoms with Gasteiger partial charge in [-0.25, -0.2) is 9.37 Å². The largest absolute Gasteiger partial charge is 0.312 e. The molecule has 26 heavy (non-hydrogen) atoms. The van der Waals surface area contributed by atoms with Crippen LogP contribution in [0.25, 0.3) is 27.8 Å². The maximum Gasteiger partial charge on any atom is 0.212 e. The number of imidazole rings is 1. The van der Waals surface area contributed by atoms with E-state index < -0.39 is 5.82 Å². The van der Waals surface area contributed by atoms with Gasteiger partial charge in [0.2, 0.25) is 6.41 Å². The molecule has 132 valence electrons. The van der Waals surface area contributed by atoms with Gasteiger partial charge in [0.05, 0.1) is 34.8 Å². The summed E-state index contributed by atoms with van der Waals surface area (Å²) >= 11 is 6.38. The fourth-order valence-corrected chi connectivity index (χ4v) is 3.39. The number of amides is 1. The van der Waals surface area contributed by atoms with Gasteiger partial charge in [-0.1, -0.05) is 25.4 Å². The van der Waals surface area contributed by atoms with Crippen molar-refractivity contribution in [3.8, 4) is 11.3 Å². The summed E-state index contributed by atoms with van der Waals surface area (Å²) in [4.78, 5) is 19.1. The van der Waals surface area contributed by atoms with Crippen LogP contribution < -0.4 is 5.32 Å². The zero-order valence-corrected chi connectivity index (χ0v) is 14.7. The second-order valence-corrected chi connectivity index (χ2v) is 6.53. The molecule has 4 aromatic rings. The van der Waals surface area contributed by atoms with Crippen molar-refractivity contribution >= 4 is 40.4 Å². The number of rotatable bonds is 4. The third-order valence-corrected chi connectivity index (χ3v) is 4.56. The van der Waals surface area contributed by atoms with Crippen LogP contribution in [0.5, 0.6) is 0 Å². The Hall–Kier alpha value is -3.00. The zero-order valence-electron chi connectivity index (χ0n) is 13.9. The summed E-state index contributed by atoms with van der Waals surface area (Å²) in [6, 6.07) is 0. The summed E-state index contributed by atoms with van der Waals surface area (Å²) in [6.45, 7) is 3.79. The highest BCUT2D eigenvalue weighted by atomic mass is 35.5. The lowest BCUT2D eigenvalue weighted by Crippen LogP contribution is -2.00.